The van der Waals surface area contributed by atoms with E-state index in [0.717, 1.165) is 23.4 Å². The van der Waals surface area contributed by atoms with Crippen molar-refractivity contribution in [3.8, 4) is 0 Å². The number of aliphatic hydroxyl groups excluding tert-OH is 1. The third-order valence-corrected chi connectivity index (χ3v) is 7.13. The van der Waals surface area contributed by atoms with Crippen LogP contribution in [0, 0.1) is 0 Å². The van der Waals surface area contributed by atoms with Gasteiger partial charge in [-0.25, -0.2) is 0 Å². The van der Waals surface area contributed by atoms with E-state index in [1.54, 1.807) is 28.4 Å². The van der Waals surface area contributed by atoms with E-state index in [-0.39, 0.29) is 11.8 Å². The van der Waals surface area contributed by atoms with Crippen molar-refractivity contribution in [1.82, 2.24) is 10.6 Å². The summed E-state index contributed by atoms with van der Waals surface area (Å²) in [5.74, 6) is -0.204. The number of hydrogen-bond donors (Lipinski definition) is 4. The lowest BCUT2D eigenvalue weighted by Gasteiger charge is -2.25. The molecule has 1 aliphatic rings. The molecule has 2 atom stereocenters. The van der Waals surface area contributed by atoms with Gasteiger partial charge in [0.2, 0.25) is 5.91 Å². The van der Waals surface area contributed by atoms with Gasteiger partial charge in [-0.15, -0.1) is 11.3 Å². The van der Waals surface area contributed by atoms with Crippen LogP contribution < -0.4 is 20.9 Å². The van der Waals surface area contributed by atoms with Gasteiger partial charge >= 0.3 is 0 Å². The fourth-order valence-electron chi connectivity index (χ4n) is 4.43. The lowest BCUT2D eigenvalue weighted by molar-refractivity contribution is -0.117. The predicted molar refractivity (Wildman–Crippen MR) is 146 cm³/mol. The lowest BCUT2D eigenvalue weighted by Crippen LogP contribution is -2.48. The third-order valence-electron chi connectivity index (χ3n) is 6.26. The van der Waals surface area contributed by atoms with Gasteiger partial charge in [0.15, 0.2) is 0 Å². The monoisotopic (exact) mass is 506 g/mol. The van der Waals surface area contributed by atoms with Crippen LogP contribution in [0.1, 0.15) is 40.6 Å². The van der Waals surface area contributed by atoms with Crippen LogP contribution in [-0.2, 0) is 17.8 Å². The second-order valence-corrected chi connectivity index (χ2v) is 10.0. The topological polar surface area (TPSA) is 93.7 Å². The molecule has 190 valence electrons. The van der Waals surface area contributed by atoms with Gasteiger partial charge in [0.25, 0.3) is 5.91 Å². The number of amides is 2. The van der Waals surface area contributed by atoms with E-state index in [1.807, 2.05) is 60.8 Å². The van der Waals surface area contributed by atoms with Gasteiger partial charge < -0.3 is 26.0 Å². The van der Waals surface area contributed by atoms with Crippen molar-refractivity contribution in [2.75, 3.05) is 29.9 Å². The van der Waals surface area contributed by atoms with E-state index in [0.29, 0.717) is 44.6 Å². The van der Waals surface area contributed by atoms with E-state index in [1.165, 1.54) is 4.88 Å². The zero-order valence-electron chi connectivity index (χ0n) is 20.6. The molecule has 0 saturated carbocycles. The van der Waals surface area contributed by atoms with E-state index in [2.05, 4.69) is 16.0 Å². The molecule has 36 heavy (non-hydrogen) atoms. The van der Waals surface area contributed by atoms with Crippen molar-refractivity contribution < 1.29 is 14.7 Å². The van der Waals surface area contributed by atoms with Gasteiger partial charge in [0.05, 0.1) is 12.1 Å². The molecular weight excluding hydrogens is 472 g/mol. The summed E-state index contributed by atoms with van der Waals surface area (Å²) >= 11 is 1.66. The third kappa shape index (κ3) is 6.94. The minimum atomic E-state index is -0.786. The van der Waals surface area contributed by atoms with Crippen molar-refractivity contribution in [1.29, 1.82) is 0 Å². The fourth-order valence-corrected chi connectivity index (χ4v) is 5.10. The molecule has 0 aliphatic carbocycles. The highest BCUT2D eigenvalue weighted by Crippen LogP contribution is 2.27. The van der Waals surface area contributed by atoms with Gasteiger partial charge in [-0.05, 0) is 55.0 Å². The first kappa shape index (κ1) is 25.9. The Morgan fingerprint density at radius 3 is 2.67 bits per heavy atom. The molecule has 7 nitrogen and oxygen atoms in total. The summed E-state index contributed by atoms with van der Waals surface area (Å²) in [4.78, 5) is 28.7. The number of anilines is 2. The molecule has 3 aromatic rings. The molecule has 2 heterocycles. The number of nitrogens with one attached hydrogen (secondary N) is 3. The van der Waals surface area contributed by atoms with Crippen molar-refractivity contribution in [3.05, 3.63) is 82.0 Å². The summed E-state index contributed by atoms with van der Waals surface area (Å²) in [5.41, 5.74) is 3.00. The number of benzene rings is 2. The zero-order chi connectivity index (χ0) is 25.3. The largest absolute Gasteiger partial charge is 0.390 e. The summed E-state index contributed by atoms with van der Waals surface area (Å²) in [5, 5.41) is 22.7. The molecule has 1 aliphatic heterocycles. The molecule has 1 aromatic heterocycles. The van der Waals surface area contributed by atoms with Gasteiger partial charge in [-0.3, -0.25) is 9.59 Å². The van der Waals surface area contributed by atoms with Crippen LogP contribution in [-0.4, -0.2) is 48.7 Å². The Hall–Kier alpha value is -3.20. The summed E-state index contributed by atoms with van der Waals surface area (Å²) in [6.07, 6.45) is 1.05. The summed E-state index contributed by atoms with van der Waals surface area (Å²) in [6, 6.07) is 18.9. The normalized spacial score (nSPS) is 15.1. The standard InChI is InChI=1S/C28H34N4O3S/c1-2-30-22-15-21(16-23(17-22)32-12-6-11-27(32)34)28(35)31-25(14-20-8-4-3-5-9-20)26(33)19-29-18-24-10-7-13-36-24/h3-5,7-10,13,15-17,25-26,29-30,33H,2,6,11-12,14,18-19H2,1H3,(H,31,35)/t25-,26-/m0/s1. The lowest BCUT2D eigenvalue weighted by atomic mass is 10.00. The maximum absolute atomic E-state index is 13.4. The smallest absolute Gasteiger partial charge is 0.251 e. The average Bonchev–Trinajstić information content (AvgIpc) is 3.56. The van der Waals surface area contributed by atoms with E-state index < -0.39 is 12.1 Å². The van der Waals surface area contributed by atoms with Gasteiger partial charge in [0, 0.05) is 54.4 Å². The van der Waals surface area contributed by atoms with Crippen LogP contribution in [0.25, 0.3) is 0 Å². The van der Waals surface area contributed by atoms with Crippen molar-refractivity contribution in [3.63, 3.8) is 0 Å². The number of nitrogens with zero attached hydrogens (tertiary/aromatic N) is 1. The van der Waals surface area contributed by atoms with Crippen LogP contribution >= 0.6 is 11.3 Å². The number of carbonyl (C=O) groups excluding carboxylic acids is 2. The number of hydrogen-bond acceptors (Lipinski definition) is 6. The fraction of sp³-hybridized carbons (Fsp3) is 0.357. The zero-order valence-corrected chi connectivity index (χ0v) is 21.4. The van der Waals surface area contributed by atoms with Crippen LogP contribution in [0.2, 0.25) is 0 Å². The first-order valence-corrected chi connectivity index (χ1v) is 13.4. The van der Waals surface area contributed by atoms with Crippen LogP contribution in [0.4, 0.5) is 11.4 Å². The second-order valence-electron chi connectivity index (χ2n) is 9.00. The highest BCUT2D eigenvalue weighted by molar-refractivity contribution is 7.09. The van der Waals surface area contributed by atoms with Crippen molar-refractivity contribution in [2.24, 2.45) is 0 Å². The van der Waals surface area contributed by atoms with Crippen LogP contribution in [0.5, 0.6) is 0 Å². The first-order valence-electron chi connectivity index (χ1n) is 12.5. The second kappa shape index (κ2) is 12.7. The van der Waals surface area contributed by atoms with Crippen molar-refractivity contribution >= 4 is 34.5 Å². The average molecular weight is 507 g/mol. The molecule has 4 rings (SSSR count). The Morgan fingerprint density at radius 2 is 1.97 bits per heavy atom. The van der Waals surface area contributed by atoms with Gasteiger partial charge in [-0.1, -0.05) is 36.4 Å². The Kier molecular flexibility index (Phi) is 9.11. The summed E-state index contributed by atoms with van der Waals surface area (Å²) < 4.78 is 0. The van der Waals surface area contributed by atoms with E-state index >= 15 is 0 Å². The molecule has 0 bridgehead atoms. The molecule has 8 heteroatoms. The molecule has 0 unspecified atom stereocenters. The van der Waals surface area contributed by atoms with Crippen LogP contribution in [0.15, 0.2) is 66.0 Å². The molecule has 0 spiro atoms. The predicted octanol–water partition coefficient (Wildman–Crippen LogP) is 3.80. The quantitative estimate of drug-likeness (QED) is 0.300. The Bertz CT molecular complexity index is 1140. The van der Waals surface area contributed by atoms with Gasteiger partial charge in [0.1, 0.15) is 0 Å². The number of aliphatic hydroxyl groups is 1. The highest BCUT2D eigenvalue weighted by atomic mass is 32.1. The summed E-state index contributed by atoms with van der Waals surface area (Å²) in [6.45, 7) is 4.35. The molecule has 2 aromatic carbocycles. The van der Waals surface area contributed by atoms with Crippen LogP contribution in [0.3, 0.4) is 0 Å². The molecule has 1 saturated heterocycles. The minimum Gasteiger partial charge on any atom is -0.390 e. The number of rotatable bonds is 12. The Morgan fingerprint density at radius 1 is 1.14 bits per heavy atom. The van der Waals surface area contributed by atoms with E-state index in [9.17, 15) is 14.7 Å². The molecule has 1 fully saturated rings. The number of carbonyl (C=O) groups is 2. The minimum absolute atomic E-state index is 0.0733. The molecule has 4 N–H and O–H groups in total. The van der Waals surface area contributed by atoms with E-state index in [4.69, 9.17) is 0 Å². The molecular formula is C28H34N4O3S. The molecule has 0 radical (unpaired) electrons. The first-order chi connectivity index (χ1) is 17.5. The summed E-state index contributed by atoms with van der Waals surface area (Å²) in [7, 11) is 0. The maximum atomic E-state index is 13.4. The SMILES string of the molecule is CCNc1cc(C(=O)N[C@@H](Cc2ccccc2)[C@@H](O)CNCc2cccs2)cc(N2CCCC2=O)c1. The highest BCUT2D eigenvalue weighted by Gasteiger charge is 2.25. The van der Waals surface area contributed by atoms with Crippen molar-refractivity contribution in [2.45, 2.75) is 44.9 Å². The molecule has 2 amide bonds. The van der Waals surface area contributed by atoms with Gasteiger partial charge in [-0.2, -0.15) is 0 Å². The Balaban J connectivity index is 1.51. The maximum Gasteiger partial charge on any atom is 0.251 e. The number of thiophene rings is 1. The Labute approximate surface area is 216 Å².